The van der Waals surface area contributed by atoms with Gasteiger partial charge in [-0.05, 0) is 31.2 Å². The van der Waals surface area contributed by atoms with E-state index in [2.05, 4.69) is 25.1 Å². The molecule has 0 aliphatic carbocycles. The lowest BCUT2D eigenvalue weighted by Crippen LogP contribution is -2.12. The predicted molar refractivity (Wildman–Crippen MR) is 94.2 cm³/mol. The van der Waals surface area contributed by atoms with Crippen molar-refractivity contribution < 1.29 is 4.42 Å². The van der Waals surface area contributed by atoms with Crippen LogP contribution in [0.15, 0.2) is 63.2 Å². The first-order chi connectivity index (χ1) is 12.2. The van der Waals surface area contributed by atoms with E-state index >= 15 is 0 Å². The fraction of sp³-hybridized carbons (Fsp3) is 0.118. The maximum atomic E-state index is 12.2. The first-order valence-corrected chi connectivity index (χ1v) is 8.48. The number of pyridine rings is 1. The molecule has 3 aromatic heterocycles. The van der Waals surface area contributed by atoms with Crippen molar-refractivity contribution >= 4 is 22.7 Å². The number of H-pyrrole nitrogens is 1. The molecule has 0 fully saturated rings. The summed E-state index contributed by atoms with van der Waals surface area (Å²) in [5.41, 5.74) is 1.26. The Bertz CT molecular complexity index is 1080. The Morgan fingerprint density at radius 2 is 2.04 bits per heavy atom. The highest BCUT2D eigenvalue weighted by atomic mass is 32.2. The molecule has 4 rings (SSSR count). The van der Waals surface area contributed by atoms with Gasteiger partial charge < -0.3 is 9.40 Å². The zero-order chi connectivity index (χ0) is 17.2. The predicted octanol–water partition coefficient (Wildman–Crippen LogP) is 3.22. The van der Waals surface area contributed by atoms with Crippen LogP contribution in [0.2, 0.25) is 0 Å². The topological polar surface area (TPSA) is 97.6 Å². The second-order valence-corrected chi connectivity index (χ2v) is 6.64. The van der Waals surface area contributed by atoms with E-state index in [9.17, 15) is 4.79 Å². The third kappa shape index (κ3) is 3.16. The standard InChI is InChI=1S/C17H13N5O2S/c1-10(14-19-13-7-3-2-6-12(13)15(23)20-14)25-17-22-21-16(24-17)11-5-4-8-18-9-11/h2-10H,1H3,(H,19,20,23)/t10-/m1/s1. The van der Waals surface area contributed by atoms with Crippen molar-refractivity contribution in [2.45, 2.75) is 17.4 Å². The Hall–Kier alpha value is -3.00. The van der Waals surface area contributed by atoms with Gasteiger partial charge in [-0.15, -0.1) is 10.2 Å². The van der Waals surface area contributed by atoms with Crippen molar-refractivity contribution in [3.63, 3.8) is 0 Å². The summed E-state index contributed by atoms with van der Waals surface area (Å²) in [6.45, 7) is 1.92. The third-order valence-electron chi connectivity index (χ3n) is 3.61. The maximum Gasteiger partial charge on any atom is 0.277 e. The molecular formula is C17H13N5O2S. The fourth-order valence-corrected chi connectivity index (χ4v) is 3.11. The molecule has 1 atom stereocenters. The average Bonchev–Trinajstić information content (AvgIpc) is 3.11. The quantitative estimate of drug-likeness (QED) is 0.564. The van der Waals surface area contributed by atoms with Gasteiger partial charge in [-0.3, -0.25) is 9.78 Å². The zero-order valence-corrected chi connectivity index (χ0v) is 14.0. The highest BCUT2D eigenvalue weighted by Crippen LogP contribution is 2.33. The molecule has 124 valence electrons. The molecule has 25 heavy (non-hydrogen) atoms. The number of benzene rings is 1. The molecule has 0 spiro atoms. The van der Waals surface area contributed by atoms with E-state index in [0.29, 0.717) is 27.8 Å². The number of aromatic nitrogens is 5. The van der Waals surface area contributed by atoms with Crippen molar-refractivity contribution in [3.8, 4) is 11.5 Å². The molecule has 0 radical (unpaired) electrons. The number of nitrogens with zero attached hydrogens (tertiary/aromatic N) is 4. The number of thioether (sulfide) groups is 1. The van der Waals surface area contributed by atoms with Crippen molar-refractivity contribution in [1.82, 2.24) is 25.1 Å². The molecule has 0 bridgehead atoms. The van der Waals surface area contributed by atoms with Gasteiger partial charge in [-0.25, -0.2) is 4.98 Å². The molecule has 1 aromatic carbocycles. The molecule has 1 N–H and O–H groups in total. The summed E-state index contributed by atoms with van der Waals surface area (Å²) in [7, 11) is 0. The summed E-state index contributed by atoms with van der Waals surface area (Å²) < 4.78 is 5.66. The monoisotopic (exact) mass is 351 g/mol. The van der Waals surface area contributed by atoms with Crippen LogP contribution in [0.1, 0.15) is 18.0 Å². The van der Waals surface area contributed by atoms with Gasteiger partial charge in [0, 0.05) is 12.4 Å². The summed E-state index contributed by atoms with van der Waals surface area (Å²) in [5, 5.41) is 8.89. The van der Waals surface area contributed by atoms with Gasteiger partial charge in [0.25, 0.3) is 10.8 Å². The minimum atomic E-state index is -0.158. The first-order valence-electron chi connectivity index (χ1n) is 7.60. The summed E-state index contributed by atoms with van der Waals surface area (Å²) in [4.78, 5) is 23.6. The van der Waals surface area contributed by atoms with E-state index in [1.54, 1.807) is 24.5 Å². The second kappa shape index (κ2) is 6.48. The third-order valence-corrected chi connectivity index (χ3v) is 4.55. The number of para-hydroxylation sites is 1. The number of fused-ring (bicyclic) bond motifs is 1. The largest absolute Gasteiger partial charge is 0.411 e. The van der Waals surface area contributed by atoms with Crippen molar-refractivity contribution in [2.75, 3.05) is 0 Å². The Labute approximate surface area is 146 Å². The molecule has 7 nitrogen and oxygen atoms in total. The van der Waals surface area contributed by atoms with E-state index in [0.717, 1.165) is 5.56 Å². The molecule has 0 saturated heterocycles. The van der Waals surface area contributed by atoms with Crippen LogP contribution in [0.4, 0.5) is 0 Å². The summed E-state index contributed by atoms with van der Waals surface area (Å²) in [5.74, 6) is 0.970. The first kappa shape index (κ1) is 15.5. The van der Waals surface area contributed by atoms with Crippen LogP contribution < -0.4 is 5.56 Å². The van der Waals surface area contributed by atoms with Gasteiger partial charge in [0.2, 0.25) is 5.89 Å². The molecule has 0 amide bonds. The molecule has 8 heteroatoms. The highest BCUT2D eigenvalue weighted by molar-refractivity contribution is 7.99. The van der Waals surface area contributed by atoms with Gasteiger partial charge >= 0.3 is 0 Å². The molecule has 0 aliphatic rings. The minimum absolute atomic E-state index is 0.153. The molecular weight excluding hydrogens is 338 g/mol. The summed E-state index contributed by atoms with van der Waals surface area (Å²) in [6, 6.07) is 10.9. The van der Waals surface area contributed by atoms with E-state index in [1.165, 1.54) is 11.8 Å². The minimum Gasteiger partial charge on any atom is -0.411 e. The summed E-state index contributed by atoms with van der Waals surface area (Å²) >= 11 is 1.34. The average molecular weight is 351 g/mol. The number of hydrogen-bond donors (Lipinski definition) is 1. The lowest BCUT2D eigenvalue weighted by atomic mass is 10.2. The molecule has 3 heterocycles. The van der Waals surface area contributed by atoms with Gasteiger partial charge in [-0.2, -0.15) is 0 Å². The SMILES string of the molecule is C[C@@H](Sc1nnc(-c2cccnc2)o1)c1nc2ccccc2c(=O)[nH]1. The van der Waals surface area contributed by atoms with Crippen LogP contribution in [-0.2, 0) is 0 Å². The Morgan fingerprint density at radius 3 is 2.88 bits per heavy atom. The number of hydrogen-bond acceptors (Lipinski definition) is 7. The lowest BCUT2D eigenvalue weighted by Gasteiger charge is -2.08. The summed E-state index contributed by atoms with van der Waals surface area (Å²) in [6.07, 6.45) is 3.34. The lowest BCUT2D eigenvalue weighted by molar-refractivity contribution is 0.464. The van der Waals surface area contributed by atoms with Crippen LogP contribution in [0.3, 0.4) is 0 Å². The van der Waals surface area contributed by atoms with Gasteiger partial charge in [-0.1, -0.05) is 23.9 Å². The van der Waals surface area contributed by atoms with Crippen LogP contribution in [0, 0.1) is 0 Å². The van der Waals surface area contributed by atoms with Crippen LogP contribution in [0.25, 0.3) is 22.4 Å². The van der Waals surface area contributed by atoms with E-state index in [1.807, 2.05) is 31.2 Å². The molecule has 4 aromatic rings. The van der Waals surface area contributed by atoms with Crippen LogP contribution in [-0.4, -0.2) is 25.1 Å². The molecule has 0 saturated carbocycles. The Kier molecular flexibility index (Phi) is 4.02. The van der Waals surface area contributed by atoms with Crippen molar-refractivity contribution in [3.05, 3.63) is 65.0 Å². The smallest absolute Gasteiger partial charge is 0.277 e. The second-order valence-electron chi connectivity index (χ2n) is 5.34. The van der Waals surface area contributed by atoms with E-state index in [4.69, 9.17) is 4.42 Å². The Morgan fingerprint density at radius 1 is 1.16 bits per heavy atom. The molecule has 0 aliphatic heterocycles. The van der Waals surface area contributed by atoms with Gasteiger partial charge in [0.05, 0.1) is 21.7 Å². The van der Waals surface area contributed by atoms with Crippen molar-refractivity contribution in [2.24, 2.45) is 0 Å². The van der Waals surface area contributed by atoms with Crippen molar-refractivity contribution in [1.29, 1.82) is 0 Å². The zero-order valence-electron chi connectivity index (χ0n) is 13.2. The van der Waals surface area contributed by atoms with E-state index < -0.39 is 0 Å². The Balaban J connectivity index is 1.59. The van der Waals surface area contributed by atoms with Crippen LogP contribution in [0.5, 0.6) is 0 Å². The van der Waals surface area contributed by atoms with E-state index in [-0.39, 0.29) is 10.8 Å². The number of rotatable bonds is 4. The normalized spacial score (nSPS) is 12.4. The molecule has 0 unspecified atom stereocenters. The van der Waals surface area contributed by atoms with Crippen LogP contribution >= 0.6 is 11.8 Å². The van der Waals surface area contributed by atoms with Gasteiger partial charge in [0.1, 0.15) is 5.82 Å². The number of nitrogens with one attached hydrogen (secondary N) is 1. The highest BCUT2D eigenvalue weighted by Gasteiger charge is 2.17. The maximum absolute atomic E-state index is 12.2. The number of aromatic amines is 1. The van der Waals surface area contributed by atoms with Gasteiger partial charge in [0.15, 0.2) is 0 Å². The fourth-order valence-electron chi connectivity index (χ4n) is 2.37.